The number of rotatable bonds is 11. The van der Waals surface area contributed by atoms with Gasteiger partial charge in [-0.25, -0.2) is 9.59 Å². The van der Waals surface area contributed by atoms with E-state index < -0.39 is 47.9 Å². The number of amides is 4. The predicted octanol–water partition coefficient (Wildman–Crippen LogP) is -0.730. The number of thioether (sulfide) groups is 1. The molecule has 0 bridgehead atoms. The van der Waals surface area contributed by atoms with Gasteiger partial charge in [-0.3, -0.25) is 19.2 Å². The second-order valence-electron chi connectivity index (χ2n) is 9.30. The Labute approximate surface area is 207 Å². The predicted molar refractivity (Wildman–Crippen MR) is 124 cm³/mol. The Hall–Kier alpha value is -2.83. The number of carboxylic acid groups (broad SMARTS) is 2. The van der Waals surface area contributed by atoms with Crippen molar-refractivity contribution in [2.75, 3.05) is 25.1 Å². The van der Waals surface area contributed by atoms with E-state index in [-0.39, 0.29) is 68.7 Å². The molecule has 35 heavy (non-hydrogen) atoms. The molecular weight excluding hydrogens is 480 g/mol. The molecule has 1 saturated carbocycles. The molecule has 4 unspecified atom stereocenters. The lowest BCUT2D eigenvalue weighted by Crippen LogP contribution is -2.42. The third-order valence-corrected chi connectivity index (χ3v) is 7.08. The smallest absolute Gasteiger partial charge is 0.326 e. The molecule has 2 saturated heterocycles. The molecule has 1 aliphatic carbocycles. The number of carbonyl (C=O) groups is 6. The summed E-state index contributed by atoms with van der Waals surface area (Å²) in [7, 11) is 0. The van der Waals surface area contributed by atoms with Gasteiger partial charge in [-0.05, 0) is 25.5 Å². The van der Waals surface area contributed by atoms with Gasteiger partial charge in [0.2, 0.25) is 23.6 Å². The summed E-state index contributed by atoms with van der Waals surface area (Å²) in [5.74, 6) is -3.27. The summed E-state index contributed by atoms with van der Waals surface area (Å²) in [5, 5.41) is 24.6. The van der Waals surface area contributed by atoms with E-state index in [2.05, 4.69) is 10.6 Å². The second kappa shape index (κ2) is 11.7. The van der Waals surface area contributed by atoms with Gasteiger partial charge in [-0.1, -0.05) is 0 Å². The quantitative estimate of drug-likeness (QED) is 0.278. The van der Waals surface area contributed by atoms with Gasteiger partial charge in [0.05, 0.1) is 5.75 Å². The maximum Gasteiger partial charge on any atom is 0.326 e. The molecule has 0 aromatic carbocycles. The lowest BCUT2D eigenvalue weighted by atomic mass is 10.1. The normalized spacial score (nSPS) is 25.9. The number of hydrogen-bond donors (Lipinski definition) is 4. The molecule has 4 N–H and O–H groups in total. The molecule has 0 spiro atoms. The van der Waals surface area contributed by atoms with Crippen LogP contribution in [0, 0.1) is 5.92 Å². The van der Waals surface area contributed by atoms with Crippen LogP contribution in [0.5, 0.6) is 0 Å². The Balaban J connectivity index is 1.49. The number of nitrogens with one attached hydrogen (secondary N) is 2. The monoisotopic (exact) mass is 512 g/mol. The van der Waals surface area contributed by atoms with Gasteiger partial charge in [0.25, 0.3) is 0 Å². The van der Waals surface area contributed by atoms with Gasteiger partial charge >= 0.3 is 11.9 Å². The molecule has 4 amide bonds. The number of carboxylic acids is 2. The topological polar surface area (TPSA) is 173 Å². The number of likely N-dealkylation sites (tertiary alicyclic amines) is 2. The van der Waals surface area contributed by atoms with E-state index in [0.717, 1.165) is 12.8 Å². The molecule has 4 atom stereocenters. The van der Waals surface area contributed by atoms with E-state index in [1.54, 1.807) is 6.26 Å². The molecule has 12 nitrogen and oxygen atoms in total. The fourth-order valence-corrected chi connectivity index (χ4v) is 4.99. The van der Waals surface area contributed by atoms with Crippen molar-refractivity contribution in [3.8, 4) is 0 Å². The largest absolute Gasteiger partial charge is 0.480 e. The fourth-order valence-electron chi connectivity index (χ4n) is 4.64. The van der Waals surface area contributed by atoms with E-state index in [1.807, 2.05) is 0 Å². The third kappa shape index (κ3) is 7.09. The summed E-state index contributed by atoms with van der Waals surface area (Å²) < 4.78 is 0. The van der Waals surface area contributed by atoms with Crippen LogP contribution in [-0.4, -0.2) is 105 Å². The van der Waals surface area contributed by atoms with Crippen LogP contribution in [0.25, 0.3) is 0 Å². The van der Waals surface area contributed by atoms with Crippen LogP contribution in [-0.2, 0) is 28.8 Å². The van der Waals surface area contributed by atoms with Gasteiger partial charge < -0.3 is 30.6 Å². The first-order chi connectivity index (χ1) is 16.6. The maximum absolute atomic E-state index is 12.7. The summed E-state index contributed by atoms with van der Waals surface area (Å²) in [4.78, 5) is 75.0. The first-order valence-corrected chi connectivity index (χ1v) is 13.1. The molecule has 0 radical (unpaired) electrons. The van der Waals surface area contributed by atoms with Crippen molar-refractivity contribution in [1.82, 2.24) is 20.4 Å². The van der Waals surface area contributed by atoms with Crippen LogP contribution in [0.3, 0.4) is 0 Å². The zero-order valence-electron chi connectivity index (χ0n) is 19.6. The van der Waals surface area contributed by atoms with Gasteiger partial charge in [0.1, 0.15) is 12.1 Å². The molecule has 0 aromatic heterocycles. The maximum atomic E-state index is 12.7. The van der Waals surface area contributed by atoms with Crippen molar-refractivity contribution >= 4 is 47.3 Å². The number of carbonyl (C=O) groups excluding carboxylic acids is 4. The molecular formula is C22H32N4O8S. The average Bonchev–Trinajstić information content (AvgIpc) is 3.42. The van der Waals surface area contributed by atoms with E-state index in [9.17, 15) is 39.0 Å². The highest BCUT2D eigenvalue weighted by Gasteiger charge is 2.42. The lowest BCUT2D eigenvalue weighted by Gasteiger charge is -2.23. The van der Waals surface area contributed by atoms with Crippen molar-refractivity contribution < 1.29 is 39.0 Å². The Kier molecular flexibility index (Phi) is 8.98. The fraction of sp³-hybridized carbons (Fsp3) is 0.727. The summed E-state index contributed by atoms with van der Waals surface area (Å²) in [6, 6.07) is -2.97. The first kappa shape index (κ1) is 26.8. The molecule has 2 aliphatic heterocycles. The molecule has 194 valence electrons. The van der Waals surface area contributed by atoms with Crippen molar-refractivity contribution in [3.05, 3.63) is 0 Å². The summed E-state index contributed by atoms with van der Waals surface area (Å²) in [6.07, 6.45) is 3.65. The average molecular weight is 513 g/mol. The SMILES string of the molecule is CSCC(=O)NC1CC(C(=O)O)N(C(=O)CCCC(=O)N2CC(NC(=O)C3CC3)CC2C(=O)O)C1. The summed E-state index contributed by atoms with van der Waals surface area (Å²) in [5.41, 5.74) is 0. The van der Waals surface area contributed by atoms with Crippen molar-refractivity contribution in [1.29, 1.82) is 0 Å². The molecule has 2 heterocycles. The van der Waals surface area contributed by atoms with Crippen LogP contribution >= 0.6 is 11.8 Å². The molecule has 3 aliphatic rings. The standard InChI is InChI=1S/C22H32N4O8S/c1-35-11-17(27)23-13-7-15(21(31)32)25(9-13)18(28)3-2-4-19(29)26-10-14(8-16(26)22(33)34)24-20(30)12-5-6-12/h12-16H,2-11H2,1H3,(H,23,27)(H,24,30)(H,31,32)(H,33,34). The lowest BCUT2D eigenvalue weighted by molar-refractivity contribution is -0.149. The van der Waals surface area contributed by atoms with Crippen molar-refractivity contribution in [3.63, 3.8) is 0 Å². The zero-order chi connectivity index (χ0) is 25.7. The van der Waals surface area contributed by atoms with E-state index in [4.69, 9.17) is 0 Å². The second-order valence-corrected chi connectivity index (χ2v) is 10.2. The van der Waals surface area contributed by atoms with Crippen LogP contribution < -0.4 is 10.6 Å². The minimum Gasteiger partial charge on any atom is -0.480 e. The van der Waals surface area contributed by atoms with Crippen molar-refractivity contribution in [2.24, 2.45) is 5.92 Å². The Morgan fingerprint density at radius 2 is 1.31 bits per heavy atom. The van der Waals surface area contributed by atoms with Gasteiger partial charge in [0.15, 0.2) is 0 Å². The van der Waals surface area contributed by atoms with Gasteiger partial charge in [0, 0.05) is 56.8 Å². The molecule has 0 aromatic rings. The van der Waals surface area contributed by atoms with Crippen molar-refractivity contribution in [2.45, 2.75) is 69.1 Å². The molecule has 13 heteroatoms. The van der Waals surface area contributed by atoms with Gasteiger partial charge in [-0.15, -0.1) is 0 Å². The summed E-state index contributed by atoms with van der Waals surface area (Å²) >= 11 is 1.34. The Morgan fingerprint density at radius 3 is 1.74 bits per heavy atom. The van der Waals surface area contributed by atoms with Crippen LogP contribution in [0.15, 0.2) is 0 Å². The number of aliphatic carboxylic acids is 2. The van der Waals surface area contributed by atoms with Crippen LogP contribution in [0.1, 0.15) is 44.9 Å². The highest BCUT2D eigenvalue weighted by Crippen LogP contribution is 2.30. The summed E-state index contributed by atoms with van der Waals surface area (Å²) in [6.45, 7) is 0.187. The minimum atomic E-state index is -1.16. The highest BCUT2D eigenvalue weighted by atomic mass is 32.2. The minimum absolute atomic E-state index is 0.0206. The third-order valence-electron chi connectivity index (χ3n) is 6.53. The number of nitrogens with zero attached hydrogens (tertiary/aromatic N) is 2. The van der Waals surface area contributed by atoms with E-state index in [0.29, 0.717) is 0 Å². The Morgan fingerprint density at radius 1 is 0.829 bits per heavy atom. The van der Waals surface area contributed by atoms with Crippen LogP contribution in [0.4, 0.5) is 0 Å². The van der Waals surface area contributed by atoms with Gasteiger partial charge in [-0.2, -0.15) is 11.8 Å². The first-order valence-electron chi connectivity index (χ1n) is 11.7. The van der Waals surface area contributed by atoms with E-state index in [1.165, 1.54) is 21.6 Å². The molecule has 3 rings (SSSR count). The molecule has 3 fully saturated rings. The highest BCUT2D eigenvalue weighted by molar-refractivity contribution is 7.99. The zero-order valence-corrected chi connectivity index (χ0v) is 20.4. The van der Waals surface area contributed by atoms with E-state index >= 15 is 0 Å². The number of hydrogen-bond acceptors (Lipinski definition) is 7. The Bertz CT molecular complexity index is 880. The van der Waals surface area contributed by atoms with Crippen LogP contribution in [0.2, 0.25) is 0 Å².